The summed E-state index contributed by atoms with van der Waals surface area (Å²) < 4.78 is 0. The van der Waals surface area contributed by atoms with Gasteiger partial charge in [0.25, 0.3) is 0 Å². The van der Waals surface area contributed by atoms with Gasteiger partial charge in [0.2, 0.25) is 5.91 Å². The number of carbonyl (C=O) groups is 1. The third-order valence-electron chi connectivity index (χ3n) is 3.72. The Bertz CT molecular complexity index is 409. The number of nitrogens with two attached hydrogens (primary N) is 1. The molecule has 1 radical (unpaired) electrons. The van der Waals surface area contributed by atoms with Crippen LogP contribution in [0.2, 0.25) is 0 Å². The minimum absolute atomic E-state index is 0. The molecular weight excluding hydrogens is 335 g/mol. The van der Waals surface area contributed by atoms with E-state index < -0.39 is 0 Å². The Hall–Kier alpha value is 0.134. The summed E-state index contributed by atoms with van der Waals surface area (Å²) in [5.74, 6) is 1.86. The zero-order valence-electron chi connectivity index (χ0n) is 11.7. The van der Waals surface area contributed by atoms with Gasteiger partial charge in [0.05, 0.1) is 12.0 Å². The van der Waals surface area contributed by atoms with Crippen molar-refractivity contribution in [2.45, 2.75) is 33.2 Å². The largest absolute Gasteiger partial charge is 0.563 e. The van der Waals surface area contributed by atoms with Crippen molar-refractivity contribution in [3.63, 3.8) is 0 Å². The maximum atomic E-state index is 12.1. The molecule has 2 heterocycles. The summed E-state index contributed by atoms with van der Waals surface area (Å²) in [7, 11) is 0. The Morgan fingerprint density at radius 3 is 2.84 bits per heavy atom. The van der Waals surface area contributed by atoms with E-state index in [2.05, 4.69) is 32.1 Å². The van der Waals surface area contributed by atoms with Crippen molar-refractivity contribution in [1.29, 1.82) is 0 Å². The molecule has 6 heteroatoms. The normalized spacial score (nSPS) is 25.9. The van der Waals surface area contributed by atoms with Gasteiger partial charge in [-0.15, -0.1) is 11.8 Å². The van der Waals surface area contributed by atoms with Gasteiger partial charge in [0, 0.05) is 62.0 Å². The van der Waals surface area contributed by atoms with Crippen LogP contribution in [-0.2, 0) is 37.5 Å². The van der Waals surface area contributed by atoms with Gasteiger partial charge in [-0.05, 0) is 12.8 Å². The topological polar surface area (TPSA) is 58.7 Å². The van der Waals surface area contributed by atoms with Gasteiger partial charge in [-0.3, -0.25) is 4.79 Å². The van der Waals surface area contributed by atoms with E-state index in [0.29, 0.717) is 24.4 Å². The Kier molecular flexibility index (Phi) is 6.54. The summed E-state index contributed by atoms with van der Waals surface area (Å²) in [5, 5.41) is 0. The van der Waals surface area contributed by atoms with E-state index in [1.54, 1.807) is 11.8 Å². The van der Waals surface area contributed by atoms with Crippen LogP contribution in [0.1, 0.15) is 27.2 Å². The number of nitrogens with zero attached hydrogens (tertiary/aromatic N) is 2. The van der Waals surface area contributed by atoms with Crippen molar-refractivity contribution in [2.75, 3.05) is 12.3 Å². The van der Waals surface area contributed by atoms with Crippen molar-refractivity contribution >= 4 is 24.0 Å². The number of allylic oxidation sites excluding steroid dienone is 1. The Morgan fingerprint density at radius 1 is 1.58 bits per heavy atom. The van der Waals surface area contributed by atoms with Crippen molar-refractivity contribution in [2.24, 2.45) is 22.6 Å². The third kappa shape index (κ3) is 3.25. The molecule has 0 aromatic carbocycles. The molecule has 0 saturated carbocycles. The minimum Gasteiger partial charge on any atom is -0.563 e. The van der Waals surface area contributed by atoms with Crippen LogP contribution in [0.5, 0.6) is 0 Å². The van der Waals surface area contributed by atoms with Gasteiger partial charge in [-0.25, -0.2) is 0 Å². The van der Waals surface area contributed by atoms with E-state index in [4.69, 9.17) is 5.73 Å². The maximum absolute atomic E-state index is 12.1. The number of rotatable bonds is 5. The Balaban J connectivity index is 0.00000180. The van der Waals surface area contributed by atoms with E-state index in [-0.39, 0.29) is 38.6 Å². The first-order valence-corrected chi connectivity index (χ1v) is 7.34. The van der Waals surface area contributed by atoms with Crippen LogP contribution in [-0.4, -0.2) is 35.5 Å². The molecule has 0 aromatic rings. The van der Waals surface area contributed by atoms with Gasteiger partial charge in [-0.2, -0.15) is 0 Å². The monoisotopic (exact) mass is 355 g/mol. The molecule has 0 unspecified atom stereocenters. The molecular formula is C13H20N3OSY-. The zero-order chi connectivity index (χ0) is 13.3. The molecule has 2 aliphatic rings. The molecule has 2 N–H and O–H groups in total. The average Bonchev–Trinajstić information content (AvgIpc) is 2.57. The first kappa shape index (κ1) is 17.2. The van der Waals surface area contributed by atoms with Crippen LogP contribution in [0.4, 0.5) is 0 Å². The van der Waals surface area contributed by atoms with Crippen molar-refractivity contribution < 1.29 is 37.5 Å². The van der Waals surface area contributed by atoms with Crippen molar-refractivity contribution in [1.82, 2.24) is 4.90 Å². The number of hydrogen-bond acceptors (Lipinski definition) is 3. The zero-order valence-corrected chi connectivity index (χ0v) is 15.4. The summed E-state index contributed by atoms with van der Waals surface area (Å²) in [5.41, 5.74) is 6.23. The van der Waals surface area contributed by atoms with Crippen LogP contribution in [0, 0.1) is 11.8 Å². The number of hydrogen-bond donors (Lipinski definition) is 1. The summed E-state index contributed by atoms with van der Waals surface area (Å²) in [6.45, 7) is 7.00. The molecule has 103 valence electrons. The molecule has 2 rings (SSSR count). The van der Waals surface area contributed by atoms with Crippen LogP contribution in [0.3, 0.4) is 0 Å². The first-order chi connectivity index (χ1) is 8.57. The molecule has 0 spiro atoms. The summed E-state index contributed by atoms with van der Waals surface area (Å²) in [6, 6.07) is 0.407. The van der Waals surface area contributed by atoms with Gasteiger partial charge in [0.1, 0.15) is 0 Å². The number of thioether (sulfide) groups is 1. The molecule has 1 fully saturated rings. The van der Waals surface area contributed by atoms with Gasteiger partial charge >= 0.3 is 0 Å². The van der Waals surface area contributed by atoms with Crippen LogP contribution < -0.4 is 5.73 Å². The third-order valence-corrected chi connectivity index (χ3v) is 4.91. The summed E-state index contributed by atoms with van der Waals surface area (Å²) >= 11 is 1.79. The van der Waals surface area contributed by atoms with E-state index >= 15 is 0 Å². The van der Waals surface area contributed by atoms with Gasteiger partial charge < -0.3 is 22.0 Å². The quantitative estimate of drug-likeness (QED) is 0.204. The van der Waals surface area contributed by atoms with Crippen LogP contribution in [0.25, 0.3) is 0 Å². The molecule has 4 nitrogen and oxygen atoms in total. The number of carbonyl (C=O) groups excluding carboxylic acids is 1. The van der Waals surface area contributed by atoms with Crippen molar-refractivity contribution in [3.8, 4) is 0 Å². The van der Waals surface area contributed by atoms with Gasteiger partial charge in [0.15, 0.2) is 0 Å². The van der Waals surface area contributed by atoms with Gasteiger partial charge in [-0.1, -0.05) is 13.8 Å². The fourth-order valence-corrected chi connectivity index (χ4v) is 3.87. The van der Waals surface area contributed by atoms with Crippen molar-refractivity contribution in [3.05, 3.63) is 10.6 Å². The number of β-lactam (4-membered cyclic amide) rings is 1. The number of amides is 1. The molecule has 2 aliphatic heterocycles. The van der Waals surface area contributed by atoms with Crippen LogP contribution >= 0.6 is 11.8 Å². The van der Waals surface area contributed by atoms with E-state index in [1.807, 2.05) is 4.90 Å². The second kappa shape index (κ2) is 7.23. The summed E-state index contributed by atoms with van der Waals surface area (Å²) in [4.78, 5) is 19.2. The maximum Gasteiger partial charge on any atom is 0.232 e. The minimum atomic E-state index is 0. The van der Waals surface area contributed by atoms with E-state index in [9.17, 15) is 4.79 Å². The molecule has 0 bridgehead atoms. The van der Waals surface area contributed by atoms with Crippen LogP contribution in [0.15, 0.2) is 15.6 Å². The second-order valence-corrected chi connectivity index (χ2v) is 6.31. The first-order valence-electron chi connectivity index (χ1n) is 6.35. The molecule has 2 atom stereocenters. The fraction of sp³-hybridized carbons (Fsp3) is 0.692. The predicted molar refractivity (Wildman–Crippen MR) is 75.2 cm³/mol. The molecule has 1 saturated heterocycles. The SMILES string of the molecule is CC1=C(SCCN=[C-]N)C[C@@H]2[C@@H](C(C)C)C(=O)N12.[Y]. The average molecular weight is 355 g/mol. The summed E-state index contributed by atoms with van der Waals surface area (Å²) in [6.07, 6.45) is 3.31. The molecule has 0 aliphatic carbocycles. The molecule has 19 heavy (non-hydrogen) atoms. The Morgan fingerprint density at radius 2 is 2.26 bits per heavy atom. The number of fused-ring (bicyclic) bond motifs is 1. The standard InChI is InChI=1S/C13H20N3OS.Y/c1-8(2)12-10-6-11(18-5-4-15-7-14)9(3)16(10)13(12)17;/h8,10,12H,4-6H2,1-3H3,(H2,14,15);/q-1;/t10-,12-;/m1./s1. The number of aliphatic imine (C=N–C) groups is 1. The predicted octanol–water partition coefficient (Wildman–Crippen LogP) is 1.70. The Labute approximate surface area is 144 Å². The molecule has 1 amide bonds. The smallest absolute Gasteiger partial charge is 0.232 e. The molecule has 0 aromatic heterocycles. The van der Waals surface area contributed by atoms with E-state index in [0.717, 1.165) is 17.9 Å². The van der Waals surface area contributed by atoms with E-state index in [1.165, 1.54) is 4.91 Å². The second-order valence-electron chi connectivity index (χ2n) is 5.12. The fourth-order valence-electron chi connectivity index (χ4n) is 2.84.